The maximum absolute atomic E-state index is 9.12. The molecule has 1 aliphatic rings. The molecule has 0 N–H and O–H groups in total. The largest absolute Gasteiger partial charge is 0.372 e. The summed E-state index contributed by atoms with van der Waals surface area (Å²) in [5, 5.41) is 9.12. The first-order chi connectivity index (χ1) is 9.20. The SMILES string of the molecule is CN1CCN(CCN(C)c2ccccc2C#N)CC1. The van der Waals surface area contributed by atoms with Gasteiger partial charge in [-0.25, -0.2) is 0 Å². The summed E-state index contributed by atoms with van der Waals surface area (Å²) < 4.78 is 0. The van der Waals surface area contributed by atoms with Gasteiger partial charge in [-0.1, -0.05) is 12.1 Å². The summed E-state index contributed by atoms with van der Waals surface area (Å²) >= 11 is 0. The number of piperazine rings is 1. The number of nitriles is 1. The maximum Gasteiger partial charge on any atom is 0.101 e. The summed E-state index contributed by atoms with van der Waals surface area (Å²) in [4.78, 5) is 7.04. The van der Waals surface area contributed by atoms with Gasteiger partial charge in [0.05, 0.1) is 11.3 Å². The van der Waals surface area contributed by atoms with Crippen LogP contribution in [0.2, 0.25) is 0 Å². The Morgan fingerprint density at radius 2 is 1.89 bits per heavy atom. The van der Waals surface area contributed by atoms with Gasteiger partial charge < -0.3 is 9.80 Å². The van der Waals surface area contributed by atoms with Gasteiger partial charge in [0.15, 0.2) is 0 Å². The predicted octanol–water partition coefficient (Wildman–Crippen LogP) is 1.24. The van der Waals surface area contributed by atoms with E-state index in [0.29, 0.717) is 0 Å². The summed E-state index contributed by atoms with van der Waals surface area (Å²) in [7, 11) is 4.23. The van der Waals surface area contributed by atoms with E-state index >= 15 is 0 Å². The van der Waals surface area contributed by atoms with Crippen molar-refractivity contribution in [1.82, 2.24) is 9.80 Å². The van der Waals surface area contributed by atoms with Crippen molar-refractivity contribution in [1.29, 1.82) is 5.26 Å². The third kappa shape index (κ3) is 3.69. The van der Waals surface area contributed by atoms with Crippen molar-refractivity contribution in [2.75, 3.05) is 58.3 Å². The van der Waals surface area contributed by atoms with Crippen LogP contribution < -0.4 is 4.90 Å². The lowest BCUT2D eigenvalue weighted by Crippen LogP contribution is -2.46. The van der Waals surface area contributed by atoms with Crippen LogP contribution in [0.25, 0.3) is 0 Å². The van der Waals surface area contributed by atoms with Gasteiger partial charge in [0.25, 0.3) is 0 Å². The molecule has 0 atom stereocenters. The fraction of sp³-hybridized carbons (Fsp3) is 0.533. The molecule has 1 aromatic carbocycles. The average Bonchev–Trinajstić information content (AvgIpc) is 2.46. The molecule has 0 aliphatic carbocycles. The minimum absolute atomic E-state index is 0.753. The topological polar surface area (TPSA) is 33.5 Å². The van der Waals surface area contributed by atoms with Crippen LogP contribution in [0.5, 0.6) is 0 Å². The van der Waals surface area contributed by atoms with Crippen LogP contribution in [0.3, 0.4) is 0 Å². The van der Waals surface area contributed by atoms with E-state index < -0.39 is 0 Å². The molecule has 4 nitrogen and oxygen atoms in total. The van der Waals surface area contributed by atoms with E-state index in [2.05, 4.69) is 34.9 Å². The van der Waals surface area contributed by atoms with Gasteiger partial charge in [-0.2, -0.15) is 5.26 Å². The molecular formula is C15H22N4. The number of hydrogen-bond acceptors (Lipinski definition) is 4. The first kappa shape index (κ1) is 13.9. The Kier molecular flexibility index (Phi) is 4.78. The minimum Gasteiger partial charge on any atom is -0.372 e. The highest BCUT2D eigenvalue weighted by atomic mass is 15.3. The first-order valence-corrected chi connectivity index (χ1v) is 6.82. The molecule has 0 spiro atoms. The van der Waals surface area contributed by atoms with Crippen LogP contribution in [-0.2, 0) is 0 Å². The number of para-hydroxylation sites is 1. The van der Waals surface area contributed by atoms with Gasteiger partial charge in [0.1, 0.15) is 6.07 Å². The van der Waals surface area contributed by atoms with Gasteiger partial charge in [0.2, 0.25) is 0 Å². The second kappa shape index (κ2) is 6.55. The van der Waals surface area contributed by atoms with E-state index in [1.54, 1.807) is 0 Å². The molecule has 0 saturated carbocycles. The van der Waals surface area contributed by atoms with Crippen molar-refractivity contribution in [3.8, 4) is 6.07 Å². The van der Waals surface area contributed by atoms with Crippen LogP contribution in [0.1, 0.15) is 5.56 Å². The van der Waals surface area contributed by atoms with E-state index in [4.69, 9.17) is 5.26 Å². The van der Waals surface area contributed by atoms with E-state index in [0.717, 1.165) is 50.5 Å². The van der Waals surface area contributed by atoms with Crippen molar-refractivity contribution >= 4 is 5.69 Å². The third-order valence-electron chi connectivity index (χ3n) is 3.78. The molecule has 1 heterocycles. The molecule has 1 fully saturated rings. The van der Waals surface area contributed by atoms with Crippen molar-refractivity contribution in [3.63, 3.8) is 0 Å². The van der Waals surface area contributed by atoms with Gasteiger partial charge >= 0.3 is 0 Å². The van der Waals surface area contributed by atoms with Crippen LogP contribution >= 0.6 is 0 Å². The highest BCUT2D eigenvalue weighted by Crippen LogP contribution is 2.17. The molecule has 4 heteroatoms. The highest BCUT2D eigenvalue weighted by Gasteiger charge is 2.14. The number of hydrogen-bond donors (Lipinski definition) is 0. The van der Waals surface area contributed by atoms with Crippen LogP contribution in [0, 0.1) is 11.3 Å². The van der Waals surface area contributed by atoms with E-state index in [1.165, 1.54) is 0 Å². The fourth-order valence-corrected chi connectivity index (χ4v) is 2.38. The molecule has 1 aliphatic heterocycles. The second-order valence-electron chi connectivity index (χ2n) is 5.20. The highest BCUT2D eigenvalue weighted by molar-refractivity contribution is 5.58. The Labute approximate surface area is 115 Å². The summed E-state index contributed by atoms with van der Waals surface area (Å²) in [6.45, 7) is 6.61. The average molecular weight is 258 g/mol. The quantitative estimate of drug-likeness (QED) is 0.813. The van der Waals surface area contributed by atoms with Crippen LogP contribution in [0.15, 0.2) is 24.3 Å². The molecule has 0 amide bonds. The lowest BCUT2D eigenvalue weighted by atomic mass is 10.2. The monoisotopic (exact) mass is 258 g/mol. The molecule has 2 rings (SSSR count). The van der Waals surface area contributed by atoms with Gasteiger partial charge in [-0.15, -0.1) is 0 Å². The predicted molar refractivity (Wildman–Crippen MR) is 78.4 cm³/mol. The molecular weight excluding hydrogens is 236 g/mol. The number of likely N-dealkylation sites (N-methyl/N-ethyl adjacent to an activating group) is 2. The molecule has 0 unspecified atom stereocenters. The van der Waals surface area contributed by atoms with E-state index in [1.807, 2.05) is 24.3 Å². The zero-order valence-corrected chi connectivity index (χ0v) is 11.8. The van der Waals surface area contributed by atoms with Crippen LogP contribution in [-0.4, -0.2) is 63.2 Å². The molecule has 0 aromatic heterocycles. The van der Waals surface area contributed by atoms with E-state index in [-0.39, 0.29) is 0 Å². The van der Waals surface area contributed by atoms with Crippen molar-refractivity contribution in [3.05, 3.63) is 29.8 Å². The lowest BCUT2D eigenvalue weighted by molar-refractivity contribution is 0.157. The minimum atomic E-state index is 0.753. The Balaban J connectivity index is 1.87. The lowest BCUT2D eigenvalue weighted by Gasteiger charge is -2.33. The molecule has 0 radical (unpaired) electrons. The first-order valence-electron chi connectivity index (χ1n) is 6.82. The Morgan fingerprint density at radius 3 is 2.58 bits per heavy atom. The molecule has 1 aromatic rings. The Hall–Kier alpha value is -1.57. The summed E-state index contributed by atoms with van der Waals surface area (Å²) in [5.41, 5.74) is 1.78. The second-order valence-corrected chi connectivity index (χ2v) is 5.20. The Bertz CT molecular complexity index is 444. The zero-order valence-electron chi connectivity index (χ0n) is 11.8. The van der Waals surface area contributed by atoms with Crippen molar-refractivity contribution < 1.29 is 0 Å². The molecule has 19 heavy (non-hydrogen) atoms. The fourth-order valence-electron chi connectivity index (χ4n) is 2.38. The summed E-state index contributed by atoms with van der Waals surface area (Å²) in [6.07, 6.45) is 0. The Morgan fingerprint density at radius 1 is 1.21 bits per heavy atom. The summed E-state index contributed by atoms with van der Waals surface area (Å²) in [5.74, 6) is 0. The summed E-state index contributed by atoms with van der Waals surface area (Å²) in [6, 6.07) is 10.1. The standard InChI is InChI=1S/C15H22N4/c1-17-7-10-19(11-8-17)12-9-18(2)15-6-4-3-5-14(15)13-16/h3-6H,7-12H2,1-2H3. The van der Waals surface area contributed by atoms with Crippen molar-refractivity contribution in [2.45, 2.75) is 0 Å². The van der Waals surface area contributed by atoms with Crippen LogP contribution in [0.4, 0.5) is 5.69 Å². The smallest absolute Gasteiger partial charge is 0.101 e. The zero-order chi connectivity index (χ0) is 13.7. The normalized spacial score (nSPS) is 17.1. The van der Waals surface area contributed by atoms with Gasteiger partial charge in [-0.3, -0.25) is 4.90 Å². The number of anilines is 1. The number of benzene rings is 1. The van der Waals surface area contributed by atoms with Gasteiger partial charge in [-0.05, 0) is 19.2 Å². The molecule has 1 saturated heterocycles. The van der Waals surface area contributed by atoms with E-state index in [9.17, 15) is 0 Å². The molecule has 0 bridgehead atoms. The number of nitrogens with zero attached hydrogens (tertiary/aromatic N) is 4. The maximum atomic E-state index is 9.12. The molecule has 102 valence electrons. The number of rotatable bonds is 4. The van der Waals surface area contributed by atoms with Gasteiger partial charge in [0, 0.05) is 46.3 Å². The third-order valence-corrected chi connectivity index (χ3v) is 3.78. The van der Waals surface area contributed by atoms with Crippen molar-refractivity contribution in [2.24, 2.45) is 0 Å².